The molecule has 1 aromatic carbocycles. The van der Waals surface area contributed by atoms with Crippen LogP contribution in [0.25, 0.3) is 10.9 Å². The van der Waals surface area contributed by atoms with E-state index in [1.54, 1.807) is 0 Å². The number of fused-ring (bicyclic) bond motifs is 1. The van der Waals surface area contributed by atoms with Gasteiger partial charge in [0.05, 0.1) is 0 Å². The van der Waals surface area contributed by atoms with Gasteiger partial charge in [-0.05, 0) is 55.0 Å². The number of nitrogens with zero attached hydrogens (tertiary/aromatic N) is 1. The Morgan fingerprint density at radius 2 is 2.10 bits per heavy atom. The lowest BCUT2D eigenvalue weighted by Crippen LogP contribution is -2.18. The highest BCUT2D eigenvalue weighted by atomic mass is 14.9. The number of rotatable bonds is 7. The molecule has 0 spiro atoms. The first-order valence-corrected chi connectivity index (χ1v) is 7.49. The summed E-state index contributed by atoms with van der Waals surface area (Å²) in [5.41, 5.74) is 3.91. The van der Waals surface area contributed by atoms with Crippen LogP contribution in [0.1, 0.15) is 32.8 Å². The van der Waals surface area contributed by atoms with Crippen LogP contribution < -0.4 is 5.32 Å². The molecule has 0 unspecified atom stereocenters. The second kappa shape index (κ2) is 6.76. The molecule has 2 nitrogen and oxygen atoms in total. The van der Waals surface area contributed by atoms with Crippen LogP contribution in [-0.2, 0) is 13.1 Å². The lowest BCUT2D eigenvalue weighted by molar-refractivity contribution is 0.552. The second-order valence-corrected chi connectivity index (χ2v) is 6.13. The lowest BCUT2D eigenvalue weighted by atomic mass is 10.1. The molecule has 0 fully saturated rings. The molecule has 108 valence electrons. The monoisotopic (exact) mass is 270 g/mol. The van der Waals surface area contributed by atoms with E-state index in [0.29, 0.717) is 5.92 Å². The largest absolute Gasteiger partial charge is 0.347 e. The van der Waals surface area contributed by atoms with Crippen molar-refractivity contribution in [2.24, 2.45) is 5.92 Å². The molecule has 0 aliphatic heterocycles. The standard InChI is InChI=1S/C18H26N2/c1-14(2)7-9-20-10-8-17-11-16(5-6-18(17)20)13-19-12-15(3)4/h5-6,8,10-11,15,19H,1,7,9,12-13H2,2-4H3. The Morgan fingerprint density at radius 3 is 2.80 bits per heavy atom. The maximum absolute atomic E-state index is 3.98. The SMILES string of the molecule is C=C(C)CCn1ccc2cc(CNCC(C)C)ccc21. The number of aromatic nitrogens is 1. The summed E-state index contributed by atoms with van der Waals surface area (Å²) in [5.74, 6) is 0.696. The van der Waals surface area contributed by atoms with Crippen molar-refractivity contribution in [3.05, 3.63) is 48.2 Å². The summed E-state index contributed by atoms with van der Waals surface area (Å²) in [5, 5.41) is 4.82. The molecule has 1 aromatic heterocycles. The van der Waals surface area contributed by atoms with E-state index in [1.165, 1.54) is 22.0 Å². The third kappa shape index (κ3) is 3.97. The lowest BCUT2D eigenvalue weighted by Gasteiger charge is -2.09. The predicted octanol–water partition coefficient (Wildman–Crippen LogP) is 4.35. The fourth-order valence-electron chi connectivity index (χ4n) is 2.37. The van der Waals surface area contributed by atoms with Gasteiger partial charge in [0.2, 0.25) is 0 Å². The van der Waals surface area contributed by atoms with Gasteiger partial charge >= 0.3 is 0 Å². The van der Waals surface area contributed by atoms with Crippen LogP contribution in [0.3, 0.4) is 0 Å². The van der Waals surface area contributed by atoms with Crippen LogP contribution in [0, 0.1) is 5.92 Å². The van der Waals surface area contributed by atoms with Crippen LogP contribution in [0.2, 0.25) is 0 Å². The number of benzene rings is 1. The predicted molar refractivity (Wildman–Crippen MR) is 87.9 cm³/mol. The molecular weight excluding hydrogens is 244 g/mol. The summed E-state index contributed by atoms with van der Waals surface area (Å²) in [6.07, 6.45) is 3.22. The maximum Gasteiger partial charge on any atom is 0.0480 e. The fraction of sp³-hybridized carbons (Fsp3) is 0.444. The first-order valence-electron chi connectivity index (χ1n) is 7.49. The van der Waals surface area contributed by atoms with Crippen molar-refractivity contribution < 1.29 is 0 Å². The molecule has 0 bridgehead atoms. The van der Waals surface area contributed by atoms with Crippen LogP contribution in [0.4, 0.5) is 0 Å². The molecule has 2 rings (SSSR count). The highest BCUT2D eigenvalue weighted by Gasteiger charge is 2.03. The highest BCUT2D eigenvalue weighted by molar-refractivity contribution is 5.80. The molecule has 1 heterocycles. The van der Waals surface area contributed by atoms with Crippen molar-refractivity contribution in [1.29, 1.82) is 0 Å². The molecule has 1 N–H and O–H groups in total. The number of aryl methyl sites for hydroxylation is 1. The van der Waals surface area contributed by atoms with Gasteiger partial charge in [0.1, 0.15) is 0 Å². The van der Waals surface area contributed by atoms with Crippen LogP contribution in [0.5, 0.6) is 0 Å². The Morgan fingerprint density at radius 1 is 1.30 bits per heavy atom. The van der Waals surface area contributed by atoms with E-state index >= 15 is 0 Å². The summed E-state index contributed by atoms with van der Waals surface area (Å²) < 4.78 is 2.31. The van der Waals surface area contributed by atoms with Gasteiger partial charge in [-0.1, -0.05) is 25.5 Å². The molecular formula is C18H26N2. The highest BCUT2D eigenvalue weighted by Crippen LogP contribution is 2.18. The summed E-state index contributed by atoms with van der Waals surface area (Å²) in [6.45, 7) is 13.6. The number of allylic oxidation sites excluding steroid dienone is 1. The number of hydrogen-bond acceptors (Lipinski definition) is 1. The summed E-state index contributed by atoms with van der Waals surface area (Å²) in [7, 11) is 0. The minimum absolute atomic E-state index is 0.696. The Hall–Kier alpha value is -1.54. The van der Waals surface area contributed by atoms with E-state index < -0.39 is 0 Å². The topological polar surface area (TPSA) is 17.0 Å². The summed E-state index contributed by atoms with van der Waals surface area (Å²) in [6, 6.07) is 8.96. The van der Waals surface area contributed by atoms with Crippen molar-refractivity contribution in [3.63, 3.8) is 0 Å². The molecule has 0 atom stereocenters. The molecule has 0 aliphatic rings. The van der Waals surface area contributed by atoms with Gasteiger partial charge in [-0.25, -0.2) is 0 Å². The van der Waals surface area contributed by atoms with E-state index in [9.17, 15) is 0 Å². The molecule has 0 aliphatic carbocycles. The zero-order chi connectivity index (χ0) is 14.5. The van der Waals surface area contributed by atoms with Gasteiger partial charge in [0, 0.05) is 24.8 Å². The van der Waals surface area contributed by atoms with Crippen LogP contribution in [0.15, 0.2) is 42.6 Å². The number of hydrogen-bond donors (Lipinski definition) is 1. The quantitative estimate of drug-likeness (QED) is 0.740. The third-order valence-corrected chi connectivity index (χ3v) is 3.50. The van der Waals surface area contributed by atoms with E-state index in [1.807, 2.05) is 0 Å². The molecule has 2 aromatic rings. The van der Waals surface area contributed by atoms with E-state index in [2.05, 4.69) is 67.7 Å². The average molecular weight is 270 g/mol. The summed E-state index contributed by atoms with van der Waals surface area (Å²) in [4.78, 5) is 0. The molecule has 2 heteroatoms. The Labute approximate surface area is 122 Å². The molecule has 0 radical (unpaired) electrons. The molecule has 0 amide bonds. The first-order chi connectivity index (χ1) is 9.56. The molecule has 0 saturated heterocycles. The van der Waals surface area contributed by atoms with Crippen molar-refractivity contribution in [2.75, 3.05) is 6.54 Å². The van der Waals surface area contributed by atoms with Gasteiger partial charge in [-0.2, -0.15) is 0 Å². The van der Waals surface area contributed by atoms with E-state index in [0.717, 1.165) is 26.1 Å². The summed E-state index contributed by atoms with van der Waals surface area (Å²) >= 11 is 0. The van der Waals surface area contributed by atoms with Crippen molar-refractivity contribution >= 4 is 10.9 Å². The zero-order valence-corrected chi connectivity index (χ0v) is 12.9. The zero-order valence-electron chi connectivity index (χ0n) is 12.9. The van der Waals surface area contributed by atoms with Crippen LogP contribution in [-0.4, -0.2) is 11.1 Å². The third-order valence-electron chi connectivity index (χ3n) is 3.50. The molecule has 20 heavy (non-hydrogen) atoms. The van der Waals surface area contributed by atoms with Gasteiger partial charge in [-0.3, -0.25) is 0 Å². The van der Waals surface area contributed by atoms with Gasteiger partial charge in [0.25, 0.3) is 0 Å². The van der Waals surface area contributed by atoms with Gasteiger partial charge in [-0.15, -0.1) is 6.58 Å². The van der Waals surface area contributed by atoms with Crippen molar-refractivity contribution in [2.45, 2.75) is 40.3 Å². The smallest absolute Gasteiger partial charge is 0.0480 e. The van der Waals surface area contributed by atoms with Crippen molar-refractivity contribution in [1.82, 2.24) is 9.88 Å². The van der Waals surface area contributed by atoms with E-state index in [4.69, 9.17) is 0 Å². The van der Waals surface area contributed by atoms with E-state index in [-0.39, 0.29) is 0 Å². The van der Waals surface area contributed by atoms with Gasteiger partial charge in [0.15, 0.2) is 0 Å². The Bertz CT molecular complexity index is 578. The molecule has 0 saturated carbocycles. The minimum atomic E-state index is 0.696. The Balaban J connectivity index is 2.05. The maximum atomic E-state index is 3.98. The minimum Gasteiger partial charge on any atom is -0.347 e. The second-order valence-electron chi connectivity index (χ2n) is 6.13. The average Bonchev–Trinajstić information content (AvgIpc) is 2.78. The van der Waals surface area contributed by atoms with Crippen molar-refractivity contribution in [3.8, 4) is 0 Å². The van der Waals surface area contributed by atoms with Crippen LogP contribution >= 0.6 is 0 Å². The fourth-order valence-corrected chi connectivity index (χ4v) is 2.37. The normalized spacial score (nSPS) is 11.4. The Kier molecular flexibility index (Phi) is 5.02. The number of nitrogens with one attached hydrogen (secondary N) is 1. The first kappa shape index (κ1) is 14.9. The van der Waals surface area contributed by atoms with Gasteiger partial charge < -0.3 is 9.88 Å².